The molecule has 1 saturated heterocycles. The van der Waals surface area contributed by atoms with Gasteiger partial charge in [-0.15, -0.1) is 0 Å². The van der Waals surface area contributed by atoms with Crippen LogP contribution in [0.5, 0.6) is 0 Å². The highest BCUT2D eigenvalue weighted by atomic mass is 16.2. The number of aromatic amines is 1. The molecular formula is C20H22N4O. The number of hydrogen-bond acceptors (Lipinski definition) is 3. The maximum absolute atomic E-state index is 12.6. The van der Waals surface area contributed by atoms with Crippen LogP contribution in [-0.4, -0.2) is 38.8 Å². The van der Waals surface area contributed by atoms with Gasteiger partial charge in [0.2, 0.25) is 5.91 Å². The van der Waals surface area contributed by atoms with E-state index < -0.39 is 0 Å². The topological polar surface area (TPSA) is 61.9 Å². The lowest BCUT2D eigenvalue weighted by molar-refractivity contribution is -0.130. The summed E-state index contributed by atoms with van der Waals surface area (Å²) in [6.07, 6.45) is 5.26. The van der Waals surface area contributed by atoms with Gasteiger partial charge in [-0.2, -0.15) is 0 Å². The molecule has 0 bridgehead atoms. The highest BCUT2D eigenvalue weighted by Gasteiger charge is 2.23. The van der Waals surface area contributed by atoms with Crippen LogP contribution in [0.15, 0.2) is 48.7 Å². The fraction of sp³-hybridized carbons (Fsp3) is 0.350. The smallest absolute Gasteiger partial charge is 0.226 e. The molecule has 1 unspecified atom stereocenters. The Morgan fingerprint density at radius 1 is 1.12 bits per heavy atom. The van der Waals surface area contributed by atoms with Crippen molar-refractivity contribution in [3.63, 3.8) is 0 Å². The average molecular weight is 334 g/mol. The number of aromatic nitrogens is 3. The molecule has 1 fully saturated rings. The number of nitrogens with one attached hydrogen (secondary N) is 1. The molecule has 3 aromatic rings. The number of hydrogen-bond donors (Lipinski definition) is 1. The predicted molar refractivity (Wildman–Crippen MR) is 97.2 cm³/mol. The normalized spacial score (nSPS) is 18.2. The third-order valence-electron chi connectivity index (χ3n) is 4.94. The van der Waals surface area contributed by atoms with Crippen LogP contribution in [0.1, 0.15) is 36.6 Å². The molecule has 2 aromatic heterocycles. The number of carbonyl (C=O) groups is 1. The fourth-order valence-electron chi connectivity index (χ4n) is 3.56. The average Bonchev–Trinajstić information content (AvgIpc) is 2.91. The molecule has 0 saturated carbocycles. The molecule has 1 N–H and O–H groups in total. The first-order chi connectivity index (χ1) is 12.3. The van der Waals surface area contributed by atoms with E-state index in [2.05, 4.69) is 15.0 Å². The summed E-state index contributed by atoms with van der Waals surface area (Å²) in [5, 5.41) is 0. The molecule has 1 amide bonds. The van der Waals surface area contributed by atoms with E-state index in [4.69, 9.17) is 0 Å². The highest BCUT2D eigenvalue weighted by molar-refractivity contribution is 5.78. The fourth-order valence-corrected chi connectivity index (χ4v) is 3.56. The molecule has 25 heavy (non-hydrogen) atoms. The number of H-pyrrole nitrogens is 1. The summed E-state index contributed by atoms with van der Waals surface area (Å²) in [6, 6.07) is 13.9. The summed E-state index contributed by atoms with van der Waals surface area (Å²) in [5.41, 5.74) is 2.84. The quantitative estimate of drug-likeness (QED) is 0.799. The van der Waals surface area contributed by atoms with Crippen molar-refractivity contribution >= 4 is 17.1 Å². The lowest BCUT2D eigenvalue weighted by Crippen LogP contribution is -2.33. The van der Waals surface area contributed by atoms with Gasteiger partial charge in [-0.05, 0) is 37.0 Å². The van der Waals surface area contributed by atoms with E-state index in [1.807, 2.05) is 47.4 Å². The molecule has 0 aliphatic carbocycles. The minimum Gasteiger partial charge on any atom is -0.342 e. The first-order valence-corrected chi connectivity index (χ1v) is 8.92. The maximum atomic E-state index is 12.6. The number of benzene rings is 1. The Morgan fingerprint density at radius 2 is 2.00 bits per heavy atom. The van der Waals surface area contributed by atoms with Crippen LogP contribution in [0.3, 0.4) is 0 Å². The van der Waals surface area contributed by atoms with Crippen LogP contribution in [-0.2, 0) is 11.2 Å². The van der Waals surface area contributed by atoms with Gasteiger partial charge < -0.3 is 9.88 Å². The monoisotopic (exact) mass is 334 g/mol. The zero-order valence-corrected chi connectivity index (χ0v) is 14.2. The van der Waals surface area contributed by atoms with Gasteiger partial charge >= 0.3 is 0 Å². The van der Waals surface area contributed by atoms with Gasteiger partial charge in [0.15, 0.2) is 5.65 Å². The van der Waals surface area contributed by atoms with Gasteiger partial charge in [-0.3, -0.25) is 4.79 Å². The Hall–Kier alpha value is -2.69. The Bertz CT molecular complexity index is 825. The molecule has 0 radical (unpaired) electrons. The SMILES string of the molecule is O=C(Cc1ccccc1)N1CCCC(c2nc3ncccc3[nH]2)CC1. The zero-order valence-electron chi connectivity index (χ0n) is 14.2. The molecule has 0 spiro atoms. The third-order valence-corrected chi connectivity index (χ3v) is 4.94. The second-order valence-corrected chi connectivity index (χ2v) is 6.67. The lowest BCUT2D eigenvalue weighted by atomic mass is 10.0. The van der Waals surface area contributed by atoms with Crippen molar-refractivity contribution in [1.29, 1.82) is 0 Å². The van der Waals surface area contributed by atoms with Crippen molar-refractivity contribution in [3.8, 4) is 0 Å². The van der Waals surface area contributed by atoms with Crippen molar-refractivity contribution < 1.29 is 4.79 Å². The number of fused-ring (bicyclic) bond motifs is 1. The first kappa shape index (κ1) is 15.8. The molecule has 4 rings (SSSR count). The Kier molecular flexibility index (Phi) is 4.46. The van der Waals surface area contributed by atoms with Gasteiger partial charge in [-0.1, -0.05) is 30.3 Å². The first-order valence-electron chi connectivity index (χ1n) is 8.92. The van der Waals surface area contributed by atoms with Crippen molar-refractivity contribution in [2.24, 2.45) is 0 Å². The van der Waals surface area contributed by atoms with E-state index >= 15 is 0 Å². The number of pyridine rings is 1. The summed E-state index contributed by atoms with van der Waals surface area (Å²) >= 11 is 0. The van der Waals surface area contributed by atoms with Gasteiger partial charge in [-0.25, -0.2) is 9.97 Å². The number of amides is 1. The van der Waals surface area contributed by atoms with Crippen molar-refractivity contribution in [3.05, 3.63) is 60.0 Å². The number of nitrogens with zero attached hydrogens (tertiary/aromatic N) is 3. The predicted octanol–water partition coefficient (Wildman–Crippen LogP) is 3.30. The summed E-state index contributed by atoms with van der Waals surface area (Å²) in [7, 11) is 0. The third kappa shape index (κ3) is 3.55. The second kappa shape index (κ2) is 7.05. The van der Waals surface area contributed by atoms with Gasteiger partial charge in [0.25, 0.3) is 0 Å². The van der Waals surface area contributed by atoms with Crippen LogP contribution in [0.4, 0.5) is 0 Å². The minimum absolute atomic E-state index is 0.220. The second-order valence-electron chi connectivity index (χ2n) is 6.67. The molecular weight excluding hydrogens is 312 g/mol. The van der Waals surface area contributed by atoms with E-state index in [9.17, 15) is 4.79 Å². The molecule has 128 valence electrons. The molecule has 5 heteroatoms. The van der Waals surface area contributed by atoms with Crippen molar-refractivity contribution in [1.82, 2.24) is 19.9 Å². The largest absolute Gasteiger partial charge is 0.342 e. The number of imidazole rings is 1. The van der Waals surface area contributed by atoms with E-state index in [1.165, 1.54) is 0 Å². The zero-order chi connectivity index (χ0) is 17.1. The van der Waals surface area contributed by atoms with Crippen LogP contribution >= 0.6 is 0 Å². The van der Waals surface area contributed by atoms with Crippen LogP contribution < -0.4 is 0 Å². The van der Waals surface area contributed by atoms with E-state index in [-0.39, 0.29) is 5.91 Å². The number of likely N-dealkylation sites (tertiary alicyclic amines) is 1. The summed E-state index contributed by atoms with van der Waals surface area (Å²) < 4.78 is 0. The van der Waals surface area contributed by atoms with Gasteiger partial charge in [0, 0.05) is 25.2 Å². The van der Waals surface area contributed by atoms with Gasteiger partial charge in [0.05, 0.1) is 11.9 Å². The van der Waals surface area contributed by atoms with Crippen molar-refractivity contribution in [2.75, 3.05) is 13.1 Å². The van der Waals surface area contributed by atoms with E-state index in [0.29, 0.717) is 12.3 Å². The number of carbonyl (C=O) groups excluding carboxylic acids is 1. The molecule has 1 aromatic carbocycles. The Morgan fingerprint density at radius 3 is 2.84 bits per heavy atom. The van der Waals surface area contributed by atoms with Crippen LogP contribution in [0.2, 0.25) is 0 Å². The molecule has 3 heterocycles. The van der Waals surface area contributed by atoms with E-state index in [0.717, 1.165) is 54.9 Å². The van der Waals surface area contributed by atoms with E-state index in [1.54, 1.807) is 6.20 Å². The molecule has 1 atom stereocenters. The molecule has 1 aliphatic rings. The summed E-state index contributed by atoms with van der Waals surface area (Å²) in [4.78, 5) is 27.0. The van der Waals surface area contributed by atoms with Crippen LogP contribution in [0.25, 0.3) is 11.2 Å². The maximum Gasteiger partial charge on any atom is 0.226 e. The molecule has 1 aliphatic heterocycles. The van der Waals surface area contributed by atoms with Crippen LogP contribution in [0, 0.1) is 0 Å². The lowest BCUT2D eigenvalue weighted by Gasteiger charge is -2.20. The van der Waals surface area contributed by atoms with Gasteiger partial charge in [0.1, 0.15) is 5.82 Å². The number of rotatable bonds is 3. The Labute approximate surface area is 147 Å². The highest BCUT2D eigenvalue weighted by Crippen LogP contribution is 2.27. The minimum atomic E-state index is 0.220. The Balaban J connectivity index is 1.42. The van der Waals surface area contributed by atoms with Crippen molar-refractivity contribution in [2.45, 2.75) is 31.6 Å². The summed E-state index contributed by atoms with van der Waals surface area (Å²) in [6.45, 7) is 1.63. The molecule has 5 nitrogen and oxygen atoms in total. The summed E-state index contributed by atoms with van der Waals surface area (Å²) in [5.74, 6) is 1.59. The standard InChI is InChI=1S/C20H22N4O/c25-18(14-15-6-2-1-3-7-15)24-12-5-8-16(10-13-24)19-22-17-9-4-11-21-20(17)23-19/h1-4,6-7,9,11,16H,5,8,10,12-14H2,(H,21,22,23).